The van der Waals surface area contributed by atoms with Crippen molar-refractivity contribution in [2.75, 3.05) is 6.61 Å². The van der Waals surface area contributed by atoms with E-state index in [1.165, 1.54) is 5.56 Å². The highest BCUT2D eigenvalue weighted by atomic mass is 16.5. The van der Waals surface area contributed by atoms with E-state index in [1.54, 1.807) is 19.3 Å². The average molecular weight is 221 g/mol. The molecule has 0 amide bonds. The van der Waals surface area contributed by atoms with Crippen LogP contribution in [0.15, 0.2) is 24.5 Å². The summed E-state index contributed by atoms with van der Waals surface area (Å²) in [6, 6.07) is 4.03. The van der Waals surface area contributed by atoms with Gasteiger partial charge in [-0.1, -0.05) is 0 Å². The zero-order valence-corrected chi connectivity index (χ0v) is 9.98. The van der Waals surface area contributed by atoms with Crippen molar-refractivity contribution in [3.05, 3.63) is 30.1 Å². The van der Waals surface area contributed by atoms with Gasteiger partial charge in [0.2, 0.25) is 0 Å². The van der Waals surface area contributed by atoms with Crippen LogP contribution in [-0.2, 0) is 16.0 Å². The first-order chi connectivity index (χ1) is 7.68. The minimum Gasteiger partial charge on any atom is -0.378 e. The minimum atomic E-state index is 0.0370. The average Bonchev–Trinajstić information content (AvgIpc) is 2.25. The van der Waals surface area contributed by atoms with Crippen LogP contribution in [-0.4, -0.2) is 23.5 Å². The summed E-state index contributed by atoms with van der Waals surface area (Å²) in [6.45, 7) is 4.24. The topological polar surface area (TPSA) is 39.2 Å². The molecule has 0 N–H and O–H groups in total. The van der Waals surface area contributed by atoms with Crippen molar-refractivity contribution >= 4 is 5.78 Å². The number of ketones is 1. The summed E-state index contributed by atoms with van der Waals surface area (Å²) in [7, 11) is 0. The standard InChI is InChI=1S/C13H19NO2/c1-11(15)10-12(2)16-9-3-4-13-5-7-14-8-6-13/h5-8,12H,3-4,9-10H2,1-2H3. The number of hydrogen-bond donors (Lipinski definition) is 0. The first-order valence-electron chi connectivity index (χ1n) is 5.68. The number of nitrogens with zero attached hydrogens (tertiary/aromatic N) is 1. The van der Waals surface area contributed by atoms with Crippen molar-refractivity contribution < 1.29 is 9.53 Å². The molecular weight excluding hydrogens is 202 g/mol. The Kier molecular flexibility index (Phi) is 5.72. The van der Waals surface area contributed by atoms with E-state index < -0.39 is 0 Å². The third-order valence-electron chi connectivity index (χ3n) is 2.34. The van der Waals surface area contributed by atoms with Crippen LogP contribution in [0.5, 0.6) is 0 Å². The fraction of sp³-hybridized carbons (Fsp3) is 0.538. The van der Waals surface area contributed by atoms with Gasteiger partial charge in [-0.25, -0.2) is 0 Å². The van der Waals surface area contributed by atoms with Gasteiger partial charge in [-0.2, -0.15) is 0 Å². The van der Waals surface area contributed by atoms with Gasteiger partial charge >= 0.3 is 0 Å². The summed E-state index contributed by atoms with van der Waals surface area (Å²) < 4.78 is 5.54. The zero-order valence-electron chi connectivity index (χ0n) is 9.98. The molecule has 88 valence electrons. The summed E-state index contributed by atoms with van der Waals surface area (Å²) in [5, 5.41) is 0. The maximum Gasteiger partial charge on any atom is 0.132 e. The maximum atomic E-state index is 10.8. The molecule has 1 heterocycles. The molecular formula is C13H19NO2. The zero-order chi connectivity index (χ0) is 11.8. The molecule has 1 aromatic rings. The maximum absolute atomic E-state index is 10.8. The minimum absolute atomic E-state index is 0.0370. The Morgan fingerprint density at radius 2 is 2.12 bits per heavy atom. The van der Waals surface area contributed by atoms with Gasteiger partial charge < -0.3 is 4.74 Å². The smallest absolute Gasteiger partial charge is 0.132 e. The number of pyridine rings is 1. The van der Waals surface area contributed by atoms with E-state index in [9.17, 15) is 4.79 Å². The Morgan fingerprint density at radius 1 is 1.44 bits per heavy atom. The van der Waals surface area contributed by atoms with Crippen LogP contribution in [0, 0.1) is 0 Å². The Morgan fingerprint density at radius 3 is 2.75 bits per heavy atom. The van der Waals surface area contributed by atoms with Crippen molar-refractivity contribution in [3.8, 4) is 0 Å². The van der Waals surface area contributed by atoms with Crippen LogP contribution in [0.25, 0.3) is 0 Å². The van der Waals surface area contributed by atoms with Crippen LogP contribution < -0.4 is 0 Å². The second kappa shape index (κ2) is 7.12. The summed E-state index contributed by atoms with van der Waals surface area (Å²) >= 11 is 0. The van der Waals surface area contributed by atoms with Crippen molar-refractivity contribution in [1.29, 1.82) is 0 Å². The first-order valence-corrected chi connectivity index (χ1v) is 5.68. The SMILES string of the molecule is CC(=O)CC(C)OCCCc1ccncc1. The van der Waals surface area contributed by atoms with Crippen LogP contribution in [0.3, 0.4) is 0 Å². The molecule has 0 aliphatic carbocycles. The highest BCUT2D eigenvalue weighted by molar-refractivity contribution is 5.75. The van der Waals surface area contributed by atoms with Crippen LogP contribution in [0.1, 0.15) is 32.3 Å². The summed E-state index contributed by atoms with van der Waals surface area (Å²) in [5.74, 6) is 0.182. The molecule has 0 aliphatic rings. The van der Waals surface area contributed by atoms with Gasteiger partial charge in [-0.3, -0.25) is 9.78 Å². The number of carbonyl (C=O) groups excluding carboxylic acids is 1. The Bertz CT molecular complexity index is 311. The second-order valence-corrected chi connectivity index (χ2v) is 4.05. The lowest BCUT2D eigenvalue weighted by Gasteiger charge is -2.10. The molecule has 3 heteroatoms. The molecule has 1 atom stereocenters. The molecule has 0 fully saturated rings. The highest BCUT2D eigenvalue weighted by Crippen LogP contribution is 2.03. The van der Waals surface area contributed by atoms with Crippen molar-refractivity contribution in [1.82, 2.24) is 4.98 Å². The molecule has 3 nitrogen and oxygen atoms in total. The van der Waals surface area contributed by atoms with Crippen molar-refractivity contribution in [2.45, 2.75) is 39.2 Å². The predicted molar refractivity (Wildman–Crippen MR) is 63.3 cm³/mol. The first kappa shape index (κ1) is 12.8. The number of Topliss-reactive ketones (excluding diaryl/α,β-unsaturated/α-hetero) is 1. The lowest BCUT2D eigenvalue weighted by molar-refractivity contribution is -0.119. The third kappa shape index (κ3) is 5.61. The van der Waals surface area contributed by atoms with Crippen LogP contribution >= 0.6 is 0 Å². The van der Waals surface area contributed by atoms with Gasteiger partial charge in [0.05, 0.1) is 6.10 Å². The monoisotopic (exact) mass is 221 g/mol. The largest absolute Gasteiger partial charge is 0.378 e. The fourth-order valence-electron chi connectivity index (χ4n) is 1.57. The molecule has 0 aliphatic heterocycles. The van der Waals surface area contributed by atoms with Gasteiger partial charge in [0.1, 0.15) is 5.78 Å². The molecule has 0 radical (unpaired) electrons. The van der Waals surface area contributed by atoms with E-state index in [0.29, 0.717) is 13.0 Å². The quantitative estimate of drug-likeness (QED) is 0.664. The van der Waals surface area contributed by atoms with Gasteiger partial charge in [-0.05, 0) is 44.4 Å². The number of rotatable bonds is 7. The molecule has 0 saturated heterocycles. The van der Waals surface area contributed by atoms with Gasteiger partial charge in [0.25, 0.3) is 0 Å². The molecule has 1 unspecified atom stereocenters. The van der Waals surface area contributed by atoms with E-state index in [1.807, 2.05) is 19.1 Å². The number of hydrogen-bond acceptors (Lipinski definition) is 3. The summed E-state index contributed by atoms with van der Waals surface area (Å²) in [6.07, 6.45) is 6.12. The van der Waals surface area contributed by atoms with E-state index in [4.69, 9.17) is 4.74 Å². The summed E-state index contributed by atoms with van der Waals surface area (Å²) in [5.41, 5.74) is 1.28. The Labute approximate surface area is 96.8 Å². The van der Waals surface area contributed by atoms with Crippen molar-refractivity contribution in [2.24, 2.45) is 0 Å². The normalized spacial score (nSPS) is 12.4. The fourth-order valence-corrected chi connectivity index (χ4v) is 1.57. The highest BCUT2D eigenvalue weighted by Gasteiger charge is 2.04. The predicted octanol–water partition coefficient (Wildman–Crippen LogP) is 2.40. The Hall–Kier alpha value is -1.22. The number of aromatic nitrogens is 1. The Balaban J connectivity index is 2.10. The lowest BCUT2D eigenvalue weighted by atomic mass is 10.1. The molecule has 1 rings (SSSR count). The number of carbonyl (C=O) groups is 1. The molecule has 1 aromatic heterocycles. The van der Waals surface area contributed by atoms with E-state index in [0.717, 1.165) is 12.8 Å². The molecule has 0 saturated carbocycles. The number of ether oxygens (including phenoxy) is 1. The van der Waals surface area contributed by atoms with Gasteiger partial charge in [0.15, 0.2) is 0 Å². The third-order valence-corrected chi connectivity index (χ3v) is 2.34. The molecule has 0 aromatic carbocycles. The molecule has 0 bridgehead atoms. The van der Waals surface area contributed by atoms with E-state index in [-0.39, 0.29) is 11.9 Å². The van der Waals surface area contributed by atoms with Crippen LogP contribution in [0.2, 0.25) is 0 Å². The molecule has 0 spiro atoms. The molecule has 16 heavy (non-hydrogen) atoms. The van der Waals surface area contributed by atoms with E-state index in [2.05, 4.69) is 4.98 Å². The summed E-state index contributed by atoms with van der Waals surface area (Å²) in [4.78, 5) is 14.8. The second-order valence-electron chi connectivity index (χ2n) is 4.05. The van der Waals surface area contributed by atoms with Crippen LogP contribution in [0.4, 0.5) is 0 Å². The van der Waals surface area contributed by atoms with E-state index >= 15 is 0 Å². The van der Waals surface area contributed by atoms with Crippen molar-refractivity contribution in [3.63, 3.8) is 0 Å². The van der Waals surface area contributed by atoms with Gasteiger partial charge in [0, 0.05) is 25.4 Å². The van der Waals surface area contributed by atoms with Gasteiger partial charge in [-0.15, -0.1) is 0 Å². The lowest BCUT2D eigenvalue weighted by Crippen LogP contribution is -2.13. The number of aryl methyl sites for hydroxylation is 1.